The van der Waals surface area contributed by atoms with Crippen molar-refractivity contribution >= 4 is 17.7 Å². The molecule has 0 aromatic heterocycles. The predicted molar refractivity (Wildman–Crippen MR) is 108 cm³/mol. The standard InChI is InChI=1S/C22H23N3O5/c26-20(9-10-23-22(28)17-5-2-1-3-6-17)24-11-4-12-25(24)21(27)14-16-7-8-18-19(13-16)30-15-29-18/h1-3,5-8,13H,4,9-12,14-15H2,(H,23,28). The summed E-state index contributed by atoms with van der Waals surface area (Å²) in [5, 5.41) is 5.74. The molecule has 30 heavy (non-hydrogen) atoms. The fourth-order valence-electron chi connectivity index (χ4n) is 3.55. The van der Waals surface area contributed by atoms with Crippen molar-refractivity contribution < 1.29 is 23.9 Å². The lowest BCUT2D eigenvalue weighted by atomic mass is 10.1. The third-order valence-electron chi connectivity index (χ3n) is 5.06. The second-order valence-electron chi connectivity index (χ2n) is 7.12. The molecule has 0 atom stereocenters. The molecule has 1 N–H and O–H groups in total. The topological polar surface area (TPSA) is 88.2 Å². The van der Waals surface area contributed by atoms with Gasteiger partial charge < -0.3 is 14.8 Å². The van der Waals surface area contributed by atoms with Gasteiger partial charge in [-0.2, -0.15) is 0 Å². The highest BCUT2D eigenvalue weighted by atomic mass is 16.7. The van der Waals surface area contributed by atoms with Crippen LogP contribution in [0.15, 0.2) is 48.5 Å². The van der Waals surface area contributed by atoms with Gasteiger partial charge in [-0.1, -0.05) is 24.3 Å². The van der Waals surface area contributed by atoms with Gasteiger partial charge in [0.05, 0.1) is 6.42 Å². The number of hydrogen-bond donors (Lipinski definition) is 1. The van der Waals surface area contributed by atoms with E-state index in [-0.39, 0.29) is 43.9 Å². The second-order valence-corrected chi connectivity index (χ2v) is 7.12. The number of carbonyl (C=O) groups excluding carboxylic acids is 3. The molecule has 3 amide bonds. The molecular weight excluding hydrogens is 386 g/mol. The first-order valence-corrected chi connectivity index (χ1v) is 9.94. The van der Waals surface area contributed by atoms with Gasteiger partial charge >= 0.3 is 0 Å². The van der Waals surface area contributed by atoms with Crippen molar-refractivity contribution in [3.63, 3.8) is 0 Å². The highest BCUT2D eigenvalue weighted by Crippen LogP contribution is 2.32. The molecule has 2 aliphatic heterocycles. The van der Waals surface area contributed by atoms with Crippen LogP contribution in [0.25, 0.3) is 0 Å². The van der Waals surface area contributed by atoms with Gasteiger partial charge in [0, 0.05) is 31.6 Å². The molecule has 2 aromatic rings. The molecule has 0 radical (unpaired) electrons. The molecule has 1 fully saturated rings. The number of carbonyl (C=O) groups is 3. The maximum Gasteiger partial charge on any atom is 0.251 e. The number of nitrogens with zero attached hydrogens (tertiary/aromatic N) is 2. The zero-order valence-electron chi connectivity index (χ0n) is 16.5. The molecule has 0 saturated carbocycles. The summed E-state index contributed by atoms with van der Waals surface area (Å²) in [6.07, 6.45) is 1.03. The van der Waals surface area contributed by atoms with Crippen LogP contribution in [-0.4, -0.2) is 54.2 Å². The van der Waals surface area contributed by atoms with Crippen LogP contribution in [0.4, 0.5) is 0 Å². The van der Waals surface area contributed by atoms with Gasteiger partial charge in [0.25, 0.3) is 5.91 Å². The highest BCUT2D eigenvalue weighted by Gasteiger charge is 2.30. The number of nitrogens with one attached hydrogen (secondary N) is 1. The quantitative estimate of drug-likeness (QED) is 0.785. The SMILES string of the molecule is O=C(NCCC(=O)N1CCCN1C(=O)Cc1ccc2c(c1)OCO2)c1ccccc1. The van der Waals surface area contributed by atoms with E-state index in [1.165, 1.54) is 10.0 Å². The summed E-state index contributed by atoms with van der Waals surface area (Å²) in [5.74, 6) is 0.749. The Bertz CT molecular complexity index is 947. The first-order chi connectivity index (χ1) is 14.6. The first kappa shape index (κ1) is 19.8. The molecule has 8 nitrogen and oxygen atoms in total. The molecule has 156 valence electrons. The smallest absolute Gasteiger partial charge is 0.251 e. The molecule has 0 unspecified atom stereocenters. The molecule has 0 bridgehead atoms. The molecular formula is C22H23N3O5. The number of benzene rings is 2. The molecule has 2 aliphatic rings. The number of hydrogen-bond acceptors (Lipinski definition) is 5. The van der Waals surface area contributed by atoms with Gasteiger partial charge in [-0.05, 0) is 36.2 Å². The van der Waals surface area contributed by atoms with E-state index in [2.05, 4.69) is 5.32 Å². The Balaban J connectivity index is 1.29. The van der Waals surface area contributed by atoms with E-state index in [0.717, 1.165) is 12.0 Å². The van der Waals surface area contributed by atoms with Gasteiger partial charge in [-0.25, -0.2) is 0 Å². The van der Waals surface area contributed by atoms with Crippen molar-refractivity contribution in [3.05, 3.63) is 59.7 Å². The molecule has 4 rings (SSSR count). The minimum atomic E-state index is -0.222. The number of fused-ring (bicyclic) bond motifs is 1. The van der Waals surface area contributed by atoms with E-state index in [4.69, 9.17) is 9.47 Å². The fourth-order valence-corrected chi connectivity index (χ4v) is 3.55. The van der Waals surface area contributed by atoms with E-state index >= 15 is 0 Å². The van der Waals surface area contributed by atoms with Crippen molar-refractivity contribution in [2.24, 2.45) is 0 Å². The minimum Gasteiger partial charge on any atom is -0.454 e. The maximum atomic E-state index is 12.8. The third kappa shape index (κ3) is 4.37. The minimum absolute atomic E-state index is 0.131. The summed E-state index contributed by atoms with van der Waals surface area (Å²) >= 11 is 0. The third-order valence-corrected chi connectivity index (χ3v) is 5.06. The average molecular weight is 409 g/mol. The number of hydrazine groups is 1. The Morgan fingerprint density at radius 2 is 1.63 bits per heavy atom. The Labute approximate surface area is 174 Å². The first-order valence-electron chi connectivity index (χ1n) is 9.94. The van der Waals surface area contributed by atoms with Crippen LogP contribution in [0.2, 0.25) is 0 Å². The van der Waals surface area contributed by atoms with Crippen LogP contribution in [0.3, 0.4) is 0 Å². The summed E-state index contributed by atoms with van der Waals surface area (Å²) in [7, 11) is 0. The maximum absolute atomic E-state index is 12.8. The summed E-state index contributed by atoms with van der Waals surface area (Å²) in [6, 6.07) is 14.2. The van der Waals surface area contributed by atoms with Crippen LogP contribution in [0.1, 0.15) is 28.8 Å². The molecule has 2 heterocycles. The van der Waals surface area contributed by atoms with E-state index in [9.17, 15) is 14.4 Å². The van der Waals surface area contributed by atoms with Gasteiger partial charge in [0.1, 0.15) is 0 Å². The molecule has 1 saturated heterocycles. The van der Waals surface area contributed by atoms with Crippen LogP contribution < -0.4 is 14.8 Å². The van der Waals surface area contributed by atoms with Crippen LogP contribution in [-0.2, 0) is 16.0 Å². The molecule has 8 heteroatoms. The lowest BCUT2D eigenvalue weighted by Gasteiger charge is -2.28. The van der Waals surface area contributed by atoms with Crippen molar-refractivity contribution in [1.82, 2.24) is 15.3 Å². The summed E-state index contributed by atoms with van der Waals surface area (Å²) in [4.78, 5) is 37.5. The normalized spacial score (nSPS) is 14.7. The van der Waals surface area contributed by atoms with Crippen molar-refractivity contribution in [1.29, 1.82) is 0 Å². The Kier molecular flexibility index (Phi) is 5.83. The van der Waals surface area contributed by atoms with E-state index < -0.39 is 0 Å². The number of amides is 3. The monoisotopic (exact) mass is 409 g/mol. The van der Waals surface area contributed by atoms with Gasteiger partial charge in [-0.3, -0.25) is 24.4 Å². The summed E-state index contributed by atoms with van der Waals surface area (Å²) in [5.41, 5.74) is 1.35. The summed E-state index contributed by atoms with van der Waals surface area (Å²) in [6.45, 7) is 1.40. The van der Waals surface area contributed by atoms with Crippen molar-refractivity contribution in [2.75, 3.05) is 26.4 Å². The lowest BCUT2D eigenvalue weighted by Crippen LogP contribution is -2.46. The zero-order chi connectivity index (χ0) is 20.9. The predicted octanol–water partition coefficient (Wildman–Crippen LogP) is 1.75. The summed E-state index contributed by atoms with van der Waals surface area (Å²) < 4.78 is 10.6. The number of ether oxygens (including phenoxy) is 2. The highest BCUT2D eigenvalue weighted by molar-refractivity contribution is 5.94. The average Bonchev–Trinajstić information content (AvgIpc) is 3.43. The van der Waals surface area contributed by atoms with E-state index in [0.29, 0.717) is 30.2 Å². The largest absolute Gasteiger partial charge is 0.454 e. The van der Waals surface area contributed by atoms with Crippen LogP contribution in [0.5, 0.6) is 11.5 Å². The molecule has 0 spiro atoms. The fraction of sp³-hybridized carbons (Fsp3) is 0.318. The molecule has 2 aromatic carbocycles. The van der Waals surface area contributed by atoms with Gasteiger partial charge in [-0.15, -0.1) is 0 Å². The van der Waals surface area contributed by atoms with Crippen molar-refractivity contribution in [3.8, 4) is 11.5 Å². The van der Waals surface area contributed by atoms with E-state index in [1.54, 1.807) is 36.4 Å². The Morgan fingerprint density at radius 1 is 0.900 bits per heavy atom. The van der Waals surface area contributed by atoms with Gasteiger partial charge in [0.15, 0.2) is 11.5 Å². The zero-order valence-corrected chi connectivity index (χ0v) is 16.5. The van der Waals surface area contributed by atoms with Crippen molar-refractivity contribution in [2.45, 2.75) is 19.3 Å². The second kappa shape index (κ2) is 8.86. The van der Waals surface area contributed by atoms with Crippen LogP contribution in [0, 0.1) is 0 Å². The lowest BCUT2D eigenvalue weighted by molar-refractivity contribution is -0.157. The Morgan fingerprint density at radius 3 is 2.43 bits per heavy atom. The van der Waals surface area contributed by atoms with E-state index in [1.807, 2.05) is 12.1 Å². The Hall–Kier alpha value is -3.55. The molecule has 0 aliphatic carbocycles. The van der Waals surface area contributed by atoms with Crippen LogP contribution >= 0.6 is 0 Å². The van der Waals surface area contributed by atoms with Gasteiger partial charge in [0.2, 0.25) is 18.6 Å². The number of rotatable bonds is 6.